The van der Waals surface area contributed by atoms with E-state index in [0.717, 1.165) is 23.3 Å². The average Bonchev–Trinajstić information content (AvgIpc) is 2.77. The van der Waals surface area contributed by atoms with Crippen molar-refractivity contribution < 1.29 is 24.2 Å². The van der Waals surface area contributed by atoms with Gasteiger partial charge in [0.15, 0.2) is 11.5 Å². The molecule has 2 aliphatic rings. The summed E-state index contributed by atoms with van der Waals surface area (Å²) >= 11 is 0. The molecule has 1 saturated heterocycles. The van der Waals surface area contributed by atoms with Gasteiger partial charge in [-0.25, -0.2) is 4.79 Å². The molecule has 2 atom stereocenters. The number of benzene rings is 1. The Morgan fingerprint density at radius 2 is 2.03 bits per heavy atom. The molecule has 8 nitrogen and oxygen atoms in total. The van der Waals surface area contributed by atoms with Crippen molar-refractivity contribution >= 4 is 17.7 Å². The molecule has 0 bridgehead atoms. The lowest BCUT2D eigenvalue weighted by molar-refractivity contribution is -0.138. The first-order chi connectivity index (χ1) is 15.0. The number of carbonyl (C=O) groups excluding carboxylic acids is 1. The number of carbonyl (C=O) groups is 2. The number of ether oxygens (including phenoxy) is 2. The first kappa shape index (κ1) is 22.7. The first-order valence-corrected chi connectivity index (χ1v) is 10.6. The molecule has 8 heteroatoms. The number of fused-ring (bicyclic) bond motifs is 1. The summed E-state index contributed by atoms with van der Waals surface area (Å²) in [5.74, 6) is 0.532. The maximum Gasteiger partial charge on any atom is 0.317 e. The number of hydrogen-bond donors (Lipinski definition) is 2. The van der Waals surface area contributed by atoms with Crippen LogP contribution in [-0.2, 0) is 11.2 Å². The number of aliphatic carboxylic acids is 1. The summed E-state index contributed by atoms with van der Waals surface area (Å²) in [4.78, 5) is 30.5. The molecule has 31 heavy (non-hydrogen) atoms. The second-order valence-electron chi connectivity index (χ2n) is 7.97. The fraction of sp³-hybridized carbons (Fsp3) is 0.522. The van der Waals surface area contributed by atoms with E-state index in [2.05, 4.69) is 11.9 Å². The van der Waals surface area contributed by atoms with E-state index < -0.39 is 5.97 Å². The predicted octanol–water partition coefficient (Wildman–Crippen LogP) is 2.75. The van der Waals surface area contributed by atoms with Crippen LogP contribution in [0.25, 0.3) is 0 Å². The molecule has 1 fully saturated rings. The lowest BCUT2D eigenvalue weighted by atomic mass is 9.78. The van der Waals surface area contributed by atoms with E-state index in [-0.39, 0.29) is 24.3 Å². The SMILES string of the molecule is C=CCNC(=O)N1CC[C@@H](CC(=O)O)[C@@H](CC2=NCCc3cc(OC)c(OC)cc32)C1. The van der Waals surface area contributed by atoms with Crippen LogP contribution in [0.5, 0.6) is 11.5 Å². The van der Waals surface area contributed by atoms with Crippen LogP contribution in [-0.4, -0.2) is 68.1 Å². The minimum atomic E-state index is -0.808. The number of rotatable bonds is 8. The van der Waals surface area contributed by atoms with E-state index >= 15 is 0 Å². The van der Waals surface area contributed by atoms with E-state index in [1.165, 1.54) is 0 Å². The van der Waals surface area contributed by atoms with Gasteiger partial charge in [-0.3, -0.25) is 9.79 Å². The van der Waals surface area contributed by atoms with Crippen LogP contribution in [0.15, 0.2) is 29.8 Å². The van der Waals surface area contributed by atoms with Crippen LogP contribution < -0.4 is 14.8 Å². The molecule has 0 spiro atoms. The van der Waals surface area contributed by atoms with Crippen LogP contribution in [0.4, 0.5) is 4.79 Å². The van der Waals surface area contributed by atoms with Crippen LogP contribution in [0.1, 0.15) is 30.4 Å². The number of nitrogens with zero attached hydrogens (tertiary/aromatic N) is 2. The molecule has 1 aromatic rings. The molecular weight excluding hydrogens is 398 g/mol. The van der Waals surface area contributed by atoms with Crippen molar-refractivity contribution in [3.05, 3.63) is 35.9 Å². The van der Waals surface area contributed by atoms with Gasteiger partial charge in [-0.1, -0.05) is 6.08 Å². The highest BCUT2D eigenvalue weighted by Crippen LogP contribution is 2.36. The summed E-state index contributed by atoms with van der Waals surface area (Å²) in [5.41, 5.74) is 3.11. The number of hydrogen-bond acceptors (Lipinski definition) is 5. The van der Waals surface area contributed by atoms with E-state index in [4.69, 9.17) is 14.5 Å². The normalized spacial score (nSPS) is 20.3. The third kappa shape index (κ3) is 5.37. The molecule has 3 rings (SSSR count). The number of carboxylic acid groups (broad SMARTS) is 1. The third-order valence-electron chi connectivity index (χ3n) is 6.07. The average molecular weight is 430 g/mol. The largest absolute Gasteiger partial charge is 0.493 e. The van der Waals surface area contributed by atoms with E-state index in [0.29, 0.717) is 50.5 Å². The number of piperidine rings is 1. The lowest BCUT2D eigenvalue weighted by Crippen LogP contribution is -2.49. The molecule has 2 amide bonds. The number of carboxylic acids is 1. The van der Waals surface area contributed by atoms with Crippen LogP contribution in [0.3, 0.4) is 0 Å². The van der Waals surface area contributed by atoms with Crippen molar-refractivity contribution in [1.82, 2.24) is 10.2 Å². The first-order valence-electron chi connectivity index (χ1n) is 10.6. The van der Waals surface area contributed by atoms with Gasteiger partial charge in [0.2, 0.25) is 0 Å². The lowest BCUT2D eigenvalue weighted by Gasteiger charge is -2.38. The third-order valence-corrected chi connectivity index (χ3v) is 6.07. The summed E-state index contributed by atoms with van der Waals surface area (Å²) in [6, 6.07) is 3.81. The molecule has 0 saturated carbocycles. The zero-order valence-electron chi connectivity index (χ0n) is 18.2. The van der Waals surface area contributed by atoms with Crippen molar-refractivity contribution in [3.8, 4) is 11.5 Å². The number of nitrogens with one attached hydrogen (secondary N) is 1. The predicted molar refractivity (Wildman–Crippen MR) is 118 cm³/mol. The Kier molecular flexibility index (Phi) is 7.55. The van der Waals surface area contributed by atoms with Crippen molar-refractivity contribution in [2.24, 2.45) is 16.8 Å². The molecule has 0 unspecified atom stereocenters. The van der Waals surface area contributed by atoms with E-state index in [1.54, 1.807) is 25.2 Å². The van der Waals surface area contributed by atoms with Gasteiger partial charge in [-0.15, -0.1) is 6.58 Å². The Hall–Kier alpha value is -3.03. The van der Waals surface area contributed by atoms with Crippen molar-refractivity contribution in [3.63, 3.8) is 0 Å². The zero-order valence-corrected chi connectivity index (χ0v) is 18.2. The Morgan fingerprint density at radius 3 is 2.71 bits per heavy atom. The van der Waals surface area contributed by atoms with Crippen LogP contribution in [0.2, 0.25) is 0 Å². The van der Waals surface area contributed by atoms with Gasteiger partial charge >= 0.3 is 12.0 Å². The molecule has 2 heterocycles. The smallest absolute Gasteiger partial charge is 0.317 e. The quantitative estimate of drug-likeness (QED) is 0.619. The molecule has 1 aromatic carbocycles. The highest BCUT2D eigenvalue weighted by molar-refractivity contribution is 6.03. The minimum absolute atomic E-state index is 0.00539. The van der Waals surface area contributed by atoms with Crippen molar-refractivity contribution in [2.75, 3.05) is 40.4 Å². The zero-order chi connectivity index (χ0) is 22.4. The summed E-state index contributed by atoms with van der Waals surface area (Å²) < 4.78 is 10.9. The molecule has 0 aromatic heterocycles. The van der Waals surface area contributed by atoms with Gasteiger partial charge in [0.05, 0.1) is 14.2 Å². The van der Waals surface area contributed by atoms with Crippen molar-refractivity contribution in [2.45, 2.75) is 25.7 Å². The van der Waals surface area contributed by atoms with E-state index in [1.807, 2.05) is 12.1 Å². The van der Waals surface area contributed by atoms with Gasteiger partial charge in [-0.05, 0) is 48.8 Å². The number of amides is 2. The van der Waals surface area contributed by atoms with Gasteiger partial charge < -0.3 is 24.8 Å². The fourth-order valence-corrected chi connectivity index (χ4v) is 4.48. The monoisotopic (exact) mass is 429 g/mol. The number of urea groups is 1. The Morgan fingerprint density at radius 1 is 1.29 bits per heavy atom. The summed E-state index contributed by atoms with van der Waals surface area (Å²) in [6.07, 6.45) is 3.83. The summed E-state index contributed by atoms with van der Waals surface area (Å²) in [5, 5.41) is 12.2. The molecule has 0 aliphatic carbocycles. The van der Waals surface area contributed by atoms with Gasteiger partial charge in [-0.2, -0.15) is 0 Å². The topological polar surface area (TPSA) is 100 Å². The Bertz CT molecular complexity index is 867. The fourth-order valence-electron chi connectivity index (χ4n) is 4.48. The van der Waals surface area contributed by atoms with Crippen LogP contribution >= 0.6 is 0 Å². The highest BCUT2D eigenvalue weighted by atomic mass is 16.5. The minimum Gasteiger partial charge on any atom is -0.493 e. The van der Waals surface area contributed by atoms with Crippen LogP contribution in [0, 0.1) is 11.8 Å². The van der Waals surface area contributed by atoms with Gasteiger partial charge in [0.25, 0.3) is 0 Å². The molecule has 0 radical (unpaired) electrons. The van der Waals surface area contributed by atoms with E-state index in [9.17, 15) is 14.7 Å². The maximum atomic E-state index is 12.5. The second-order valence-corrected chi connectivity index (χ2v) is 7.97. The number of aliphatic imine (C=N–C) groups is 1. The maximum absolute atomic E-state index is 12.5. The highest BCUT2D eigenvalue weighted by Gasteiger charge is 2.34. The van der Waals surface area contributed by atoms with Crippen molar-refractivity contribution in [1.29, 1.82) is 0 Å². The van der Waals surface area contributed by atoms with Gasteiger partial charge in [0, 0.05) is 43.9 Å². The Balaban J connectivity index is 1.83. The molecular formula is C23H31N3O5. The summed E-state index contributed by atoms with van der Waals surface area (Å²) in [7, 11) is 3.22. The molecule has 168 valence electrons. The standard InChI is InChI=1S/C23H31N3O5/c1-4-7-25-23(29)26-9-6-15(12-22(27)28)17(14-26)10-19-18-13-21(31-3)20(30-2)11-16(18)5-8-24-19/h4,11,13,15,17H,1,5-10,12,14H2,2-3H3,(H,25,29)(H,27,28)/t15-,17-/m0/s1. The Labute approximate surface area is 182 Å². The molecule has 2 N–H and O–H groups in total. The number of methoxy groups -OCH3 is 2. The number of likely N-dealkylation sites (tertiary alicyclic amines) is 1. The summed E-state index contributed by atoms with van der Waals surface area (Å²) in [6.45, 7) is 5.76. The second kappa shape index (κ2) is 10.3. The van der Waals surface area contributed by atoms with Gasteiger partial charge in [0.1, 0.15) is 0 Å². The molecule has 2 aliphatic heterocycles.